The van der Waals surface area contributed by atoms with Gasteiger partial charge in [0.15, 0.2) is 11.5 Å². The third-order valence-corrected chi connectivity index (χ3v) is 7.74. The second-order valence-corrected chi connectivity index (χ2v) is 10.5. The van der Waals surface area contributed by atoms with Crippen LogP contribution in [0.5, 0.6) is 17.2 Å². The molecule has 0 spiro atoms. The lowest BCUT2D eigenvalue weighted by Crippen LogP contribution is -2.32. The molecule has 0 aromatic heterocycles. The predicted octanol–water partition coefficient (Wildman–Crippen LogP) is 3.60. The molecule has 1 atom stereocenters. The average Bonchev–Trinajstić information content (AvgIpc) is 3.22. The molecular formula is C31H41N3O7. The van der Waals surface area contributed by atoms with E-state index in [0.717, 1.165) is 42.7 Å². The maximum Gasteiger partial charge on any atom is 0.220 e. The molecule has 1 aliphatic carbocycles. The van der Waals surface area contributed by atoms with Crippen LogP contribution in [0.4, 0.5) is 5.69 Å². The van der Waals surface area contributed by atoms with E-state index in [0.29, 0.717) is 73.2 Å². The monoisotopic (exact) mass is 567 g/mol. The maximum absolute atomic E-state index is 13.4. The van der Waals surface area contributed by atoms with Crippen LogP contribution in [0.2, 0.25) is 0 Å². The summed E-state index contributed by atoms with van der Waals surface area (Å²) in [5.41, 5.74) is 3.46. The Morgan fingerprint density at radius 3 is 2.44 bits per heavy atom. The molecule has 41 heavy (non-hydrogen) atoms. The van der Waals surface area contributed by atoms with Crippen LogP contribution in [-0.2, 0) is 20.7 Å². The summed E-state index contributed by atoms with van der Waals surface area (Å²) in [7, 11) is 4.70. The number of methoxy groups -OCH3 is 3. The minimum atomic E-state index is -0.371. The number of carbonyl (C=O) groups is 2. The van der Waals surface area contributed by atoms with Crippen molar-refractivity contribution in [3.05, 3.63) is 45.6 Å². The molecule has 1 heterocycles. The fourth-order valence-corrected chi connectivity index (χ4v) is 5.62. The molecule has 2 aromatic carbocycles. The van der Waals surface area contributed by atoms with E-state index in [1.165, 1.54) is 6.92 Å². The van der Waals surface area contributed by atoms with E-state index in [9.17, 15) is 14.4 Å². The molecule has 0 bridgehead atoms. The summed E-state index contributed by atoms with van der Waals surface area (Å²) < 4.78 is 22.4. The molecule has 10 nitrogen and oxygen atoms in total. The summed E-state index contributed by atoms with van der Waals surface area (Å²) in [4.78, 5) is 37.8. The first kappa shape index (κ1) is 30.2. The van der Waals surface area contributed by atoms with Crippen molar-refractivity contribution >= 4 is 17.5 Å². The van der Waals surface area contributed by atoms with Gasteiger partial charge in [-0.2, -0.15) is 0 Å². The smallest absolute Gasteiger partial charge is 0.220 e. The van der Waals surface area contributed by atoms with Gasteiger partial charge in [-0.05, 0) is 72.9 Å². The van der Waals surface area contributed by atoms with Crippen LogP contribution in [0, 0.1) is 5.92 Å². The van der Waals surface area contributed by atoms with Gasteiger partial charge in [-0.1, -0.05) is 6.07 Å². The molecule has 3 N–H and O–H groups in total. The van der Waals surface area contributed by atoms with E-state index >= 15 is 0 Å². The highest BCUT2D eigenvalue weighted by Gasteiger charge is 2.29. The SMILES string of the molecule is COc1cc2c(c(OC)c1OC)-c1ccc(NCCCC(=O)NCC3CCOCC3)c(=O)cc1C(NC(C)=O)CC2. The van der Waals surface area contributed by atoms with Crippen molar-refractivity contribution in [2.75, 3.05) is 52.9 Å². The van der Waals surface area contributed by atoms with Gasteiger partial charge in [-0.25, -0.2) is 0 Å². The lowest BCUT2D eigenvalue weighted by molar-refractivity contribution is -0.121. The predicted molar refractivity (Wildman–Crippen MR) is 157 cm³/mol. The molecule has 1 aliphatic heterocycles. The van der Waals surface area contributed by atoms with Gasteiger partial charge in [0, 0.05) is 45.2 Å². The number of anilines is 1. The normalized spacial score (nSPS) is 16.4. The lowest BCUT2D eigenvalue weighted by atomic mass is 9.95. The number of amides is 2. The fourth-order valence-electron chi connectivity index (χ4n) is 5.62. The zero-order chi connectivity index (χ0) is 29.4. The molecule has 2 amide bonds. The van der Waals surface area contributed by atoms with Crippen molar-refractivity contribution in [1.29, 1.82) is 0 Å². The molecule has 4 rings (SSSR count). The van der Waals surface area contributed by atoms with Crippen molar-refractivity contribution in [2.45, 2.75) is 51.5 Å². The second-order valence-electron chi connectivity index (χ2n) is 10.5. The van der Waals surface area contributed by atoms with Crippen LogP contribution in [0.3, 0.4) is 0 Å². The van der Waals surface area contributed by atoms with Gasteiger partial charge in [0.2, 0.25) is 23.0 Å². The van der Waals surface area contributed by atoms with E-state index in [1.54, 1.807) is 33.5 Å². The van der Waals surface area contributed by atoms with E-state index in [2.05, 4.69) is 16.0 Å². The van der Waals surface area contributed by atoms with E-state index in [4.69, 9.17) is 18.9 Å². The van der Waals surface area contributed by atoms with E-state index in [1.807, 2.05) is 12.1 Å². The summed E-state index contributed by atoms with van der Waals surface area (Å²) in [6.45, 7) is 4.13. The first-order valence-electron chi connectivity index (χ1n) is 14.2. The van der Waals surface area contributed by atoms with E-state index in [-0.39, 0.29) is 23.3 Å². The number of hydrogen-bond donors (Lipinski definition) is 3. The van der Waals surface area contributed by atoms with Crippen molar-refractivity contribution < 1.29 is 28.5 Å². The Balaban J connectivity index is 1.57. The number of aryl methyl sites for hydroxylation is 1. The van der Waals surface area contributed by atoms with Crippen LogP contribution >= 0.6 is 0 Å². The third kappa shape index (κ3) is 7.30. The summed E-state index contributed by atoms with van der Waals surface area (Å²) in [5, 5.41) is 9.24. The zero-order valence-corrected chi connectivity index (χ0v) is 24.4. The number of nitrogens with one attached hydrogen (secondary N) is 3. The molecular weight excluding hydrogens is 526 g/mol. The van der Waals surface area contributed by atoms with Crippen molar-refractivity contribution in [3.63, 3.8) is 0 Å². The minimum Gasteiger partial charge on any atom is -0.493 e. The Labute approximate surface area is 241 Å². The van der Waals surface area contributed by atoms with Crippen LogP contribution in [0.25, 0.3) is 11.1 Å². The molecule has 10 heteroatoms. The molecule has 222 valence electrons. The molecule has 1 fully saturated rings. The Hall–Kier alpha value is -3.79. The van der Waals surface area contributed by atoms with Gasteiger partial charge in [-0.15, -0.1) is 0 Å². The molecule has 0 radical (unpaired) electrons. The second kappa shape index (κ2) is 14.2. The zero-order valence-electron chi connectivity index (χ0n) is 24.4. The van der Waals surface area contributed by atoms with Crippen molar-refractivity contribution in [1.82, 2.24) is 10.6 Å². The summed E-state index contributed by atoms with van der Waals surface area (Å²) in [5.74, 6) is 1.82. The molecule has 1 saturated heterocycles. The average molecular weight is 568 g/mol. The highest BCUT2D eigenvalue weighted by molar-refractivity contribution is 5.83. The summed E-state index contributed by atoms with van der Waals surface area (Å²) >= 11 is 0. The standard InChI is InChI=1S/C31H41N3O7/c1-19(35)34-24-9-7-21-16-27(38-2)30(39-3)31(40-4)29(21)22-8-10-25(26(36)17-23(22)24)32-13-5-6-28(37)33-18-20-11-14-41-15-12-20/h8,10,16-17,20,24H,5-7,9,11-15,18H2,1-4H3,(H,32,36)(H,33,37)(H,34,35). The lowest BCUT2D eigenvalue weighted by Gasteiger charge is -2.22. The van der Waals surface area contributed by atoms with Gasteiger partial charge in [0.05, 0.1) is 33.1 Å². The Bertz CT molecular complexity index is 1310. The minimum absolute atomic E-state index is 0.0113. The van der Waals surface area contributed by atoms with Gasteiger partial charge < -0.3 is 34.9 Å². The largest absolute Gasteiger partial charge is 0.493 e. The Kier molecular flexibility index (Phi) is 10.5. The van der Waals surface area contributed by atoms with Crippen molar-refractivity contribution in [3.8, 4) is 28.4 Å². The maximum atomic E-state index is 13.4. The summed E-state index contributed by atoms with van der Waals surface area (Å²) in [6, 6.07) is 6.78. The quantitative estimate of drug-likeness (QED) is 0.352. The van der Waals surface area contributed by atoms with Crippen LogP contribution in [0.1, 0.15) is 56.2 Å². The van der Waals surface area contributed by atoms with Crippen LogP contribution < -0.4 is 35.6 Å². The van der Waals surface area contributed by atoms with Gasteiger partial charge in [0.25, 0.3) is 0 Å². The molecule has 0 saturated carbocycles. The Morgan fingerprint density at radius 2 is 1.76 bits per heavy atom. The first-order chi connectivity index (χ1) is 19.9. The fraction of sp³-hybridized carbons (Fsp3) is 0.516. The number of ether oxygens (including phenoxy) is 4. The Morgan fingerprint density at radius 1 is 1.00 bits per heavy atom. The summed E-state index contributed by atoms with van der Waals surface area (Å²) in [6.07, 6.45) is 4.13. The van der Waals surface area contributed by atoms with Crippen LogP contribution in [-0.4, -0.2) is 59.4 Å². The number of benzene rings is 1. The van der Waals surface area contributed by atoms with Crippen LogP contribution in [0.15, 0.2) is 29.1 Å². The van der Waals surface area contributed by atoms with Crippen molar-refractivity contribution in [2.24, 2.45) is 5.92 Å². The highest BCUT2D eigenvalue weighted by Crippen LogP contribution is 2.50. The molecule has 2 aromatic rings. The molecule has 2 aliphatic rings. The van der Waals surface area contributed by atoms with Gasteiger partial charge in [-0.3, -0.25) is 14.4 Å². The van der Waals surface area contributed by atoms with Gasteiger partial charge >= 0.3 is 0 Å². The van der Waals surface area contributed by atoms with Gasteiger partial charge in [0.1, 0.15) is 0 Å². The number of rotatable bonds is 11. The highest BCUT2D eigenvalue weighted by atomic mass is 16.5. The number of fused-ring (bicyclic) bond motifs is 3. The number of hydrogen-bond acceptors (Lipinski definition) is 8. The third-order valence-electron chi connectivity index (χ3n) is 7.74. The van der Waals surface area contributed by atoms with E-state index < -0.39 is 0 Å². The number of carbonyl (C=O) groups excluding carboxylic acids is 2. The molecule has 1 unspecified atom stereocenters. The first-order valence-corrected chi connectivity index (χ1v) is 14.2. The topological polar surface area (TPSA) is 124 Å².